The molecule has 25 heavy (non-hydrogen) atoms. The van der Waals surface area contributed by atoms with Gasteiger partial charge in [0.25, 0.3) is 5.56 Å². The lowest BCUT2D eigenvalue weighted by molar-refractivity contribution is -0.146. The van der Waals surface area contributed by atoms with E-state index in [-0.39, 0.29) is 10.5 Å². The highest BCUT2D eigenvalue weighted by atomic mass is 35.5. The molecule has 0 amide bonds. The van der Waals surface area contributed by atoms with Crippen molar-refractivity contribution in [3.05, 3.63) is 55.9 Å². The van der Waals surface area contributed by atoms with E-state index in [2.05, 4.69) is 4.98 Å². The molecule has 0 unspecified atom stereocenters. The van der Waals surface area contributed by atoms with Gasteiger partial charge in [0, 0.05) is 9.90 Å². The number of benzene rings is 1. The van der Waals surface area contributed by atoms with Gasteiger partial charge < -0.3 is 0 Å². The van der Waals surface area contributed by atoms with Crippen LogP contribution in [0, 0.1) is 0 Å². The first-order chi connectivity index (χ1) is 11.9. The molecule has 3 nitrogen and oxygen atoms in total. The molecule has 130 valence electrons. The van der Waals surface area contributed by atoms with Crippen LogP contribution in [0.3, 0.4) is 0 Å². The molecule has 3 aromatic rings. The summed E-state index contributed by atoms with van der Waals surface area (Å²) >= 11 is 7.02. The Morgan fingerprint density at radius 3 is 2.48 bits per heavy atom. The molecular formula is C17H12ClF3N2OS. The van der Waals surface area contributed by atoms with Crippen molar-refractivity contribution in [2.24, 2.45) is 0 Å². The van der Waals surface area contributed by atoms with Crippen molar-refractivity contribution < 1.29 is 13.2 Å². The molecule has 1 aromatic carbocycles. The van der Waals surface area contributed by atoms with Crippen LogP contribution in [0.5, 0.6) is 0 Å². The first kappa shape index (κ1) is 16.6. The number of halogens is 4. The topological polar surface area (TPSA) is 34.9 Å². The molecule has 0 saturated heterocycles. The average Bonchev–Trinajstić information content (AvgIpc) is 2.94. The summed E-state index contributed by atoms with van der Waals surface area (Å²) in [7, 11) is 0. The van der Waals surface area contributed by atoms with Crippen molar-refractivity contribution in [1.29, 1.82) is 0 Å². The van der Waals surface area contributed by atoms with Gasteiger partial charge in [-0.1, -0.05) is 11.6 Å². The fourth-order valence-corrected chi connectivity index (χ4v) is 4.60. The first-order valence-electron chi connectivity index (χ1n) is 7.76. The van der Waals surface area contributed by atoms with Gasteiger partial charge in [-0.05, 0) is 55.5 Å². The quantitative estimate of drug-likeness (QED) is 0.592. The normalized spacial score (nSPS) is 14.7. The van der Waals surface area contributed by atoms with Gasteiger partial charge >= 0.3 is 6.18 Å². The zero-order valence-electron chi connectivity index (χ0n) is 12.9. The maximum absolute atomic E-state index is 13.6. The van der Waals surface area contributed by atoms with Crippen LogP contribution in [0.4, 0.5) is 13.2 Å². The highest BCUT2D eigenvalue weighted by Crippen LogP contribution is 2.36. The lowest BCUT2D eigenvalue weighted by Crippen LogP contribution is -2.28. The van der Waals surface area contributed by atoms with Crippen LogP contribution >= 0.6 is 22.9 Å². The van der Waals surface area contributed by atoms with Crippen molar-refractivity contribution >= 4 is 33.2 Å². The Hall–Kier alpha value is -1.86. The lowest BCUT2D eigenvalue weighted by Gasteiger charge is -2.15. The number of hydrogen-bond donors (Lipinski definition) is 0. The fraction of sp³-hybridized carbons (Fsp3) is 0.294. The van der Waals surface area contributed by atoms with Crippen LogP contribution in [0.25, 0.3) is 15.9 Å². The number of thiophene rings is 1. The monoisotopic (exact) mass is 384 g/mol. The average molecular weight is 385 g/mol. The number of nitrogens with zero attached hydrogens (tertiary/aromatic N) is 2. The molecule has 0 fully saturated rings. The third kappa shape index (κ3) is 2.75. The smallest absolute Gasteiger partial charge is 0.268 e. The maximum Gasteiger partial charge on any atom is 0.450 e. The van der Waals surface area contributed by atoms with E-state index >= 15 is 0 Å². The second-order valence-electron chi connectivity index (χ2n) is 5.94. The van der Waals surface area contributed by atoms with E-state index in [0.29, 0.717) is 21.4 Å². The molecule has 0 bridgehead atoms. The van der Waals surface area contributed by atoms with Crippen molar-refractivity contribution in [1.82, 2.24) is 9.55 Å². The second-order valence-corrected chi connectivity index (χ2v) is 7.46. The molecule has 0 atom stereocenters. The molecule has 1 aliphatic rings. The first-order valence-corrected chi connectivity index (χ1v) is 8.96. The molecular weight excluding hydrogens is 373 g/mol. The standard InChI is InChI=1S/C17H12ClF3N2OS/c18-9-5-7-10(8-6-9)23-15(24)13-11-3-1-2-4-12(11)25-14(13)22-16(23)17(19,20)21/h5-8H,1-4H2. The minimum Gasteiger partial charge on any atom is -0.268 e. The summed E-state index contributed by atoms with van der Waals surface area (Å²) in [6.45, 7) is 0. The van der Waals surface area contributed by atoms with Gasteiger partial charge in [-0.2, -0.15) is 13.2 Å². The van der Waals surface area contributed by atoms with E-state index in [1.54, 1.807) is 0 Å². The second kappa shape index (κ2) is 5.85. The van der Waals surface area contributed by atoms with Crippen LogP contribution in [0.1, 0.15) is 29.1 Å². The van der Waals surface area contributed by atoms with Crippen molar-refractivity contribution in [3.63, 3.8) is 0 Å². The van der Waals surface area contributed by atoms with Gasteiger partial charge in [0.1, 0.15) is 4.83 Å². The van der Waals surface area contributed by atoms with Gasteiger partial charge in [-0.25, -0.2) is 4.98 Å². The molecule has 4 rings (SSSR count). The third-order valence-corrected chi connectivity index (χ3v) is 5.76. The van der Waals surface area contributed by atoms with Gasteiger partial charge in [0.05, 0.1) is 11.1 Å². The third-order valence-electron chi connectivity index (χ3n) is 4.33. The Morgan fingerprint density at radius 2 is 1.80 bits per heavy atom. The van der Waals surface area contributed by atoms with E-state index in [9.17, 15) is 18.0 Å². The Balaban J connectivity index is 2.09. The summed E-state index contributed by atoms with van der Waals surface area (Å²) < 4.78 is 41.3. The molecule has 0 radical (unpaired) electrons. The Kier molecular flexibility index (Phi) is 3.88. The van der Waals surface area contributed by atoms with E-state index in [0.717, 1.165) is 29.7 Å². The summed E-state index contributed by atoms with van der Waals surface area (Å²) in [5.74, 6) is -1.20. The summed E-state index contributed by atoms with van der Waals surface area (Å²) in [4.78, 5) is 18.0. The minimum atomic E-state index is -4.74. The van der Waals surface area contributed by atoms with Crippen LogP contribution in [0.2, 0.25) is 5.02 Å². The molecule has 0 N–H and O–H groups in total. The predicted molar refractivity (Wildman–Crippen MR) is 91.9 cm³/mol. The molecule has 0 spiro atoms. The van der Waals surface area contributed by atoms with Crippen molar-refractivity contribution in [2.45, 2.75) is 31.9 Å². The van der Waals surface area contributed by atoms with Gasteiger partial charge in [0.15, 0.2) is 0 Å². The van der Waals surface area contributed by atoms with Crippen LogP contribution < -0.4 is 5.56 Å². The molecule has 1 aliphatic carbocycles. The van der Waals surface area contributed by atoms with E-state index in [1.165, 1.54) is 35.6 Å². The number of hydrogen-bond acceptors (Lipinski definition) is 3. The lowest BCUT2D eigenvalue weighted by atomic mass is 9.97. The highest BCUT2D eigenvalue weighted by Gasteiger charge is 2.38. The number of rotatable bonds is 1. The fourth-order valence-electron chi connectivity index (χ4n) is 3.22. The Labute approximate surface area is 149 Å². The van der Waals surface area contributed by atoms with Crippen molar-refractivity contribution in [3.8, 4) is 5.69 Å². The van der Waals surface area contributed by atoms with E-state index in [4.69, 9.17) is 11.6 Å². The molecule has 2 aromatic heterocycles. The van der Waals surface area contributed by atoms with Gasteiger partial charge in [0.2, 0.25) is 5.82 Å². The SMILES string of the molecule is O=c1c2c3c(sc2nc(C(F)(F)F)n1-c1ccc(Cl)cc1)CCCC3. The summed E-state index contributed by atoms with van der Waals surface area (Å²) in [6.07, 6.45) is -1.33. The zero-order chi connectivity index (χ0) is 17.8. The number of aromatic nitrogens is 2. The number of fused-ring (bicyclic) bond motifs is 3. The van der Waals surface area contributed by atoms with Gasteiger partial charge in [-0.15, -0.1) is 11.3 Å². The molecule has 0 aliphatic heterocycles. The largest absolute Gasteiger partial charge is 0.450 e. The summed E-state index contributed by atoms with van der Waals surface area (Å²) in [5.41, 5.74) is 0.297. The Bertz CT molecular complexity index is 1020. The zero-order valence-corrected chi connectivity index (χ0v) is 14.4. The molecule has 2 heterocycles. The Morgan fingerprint density at radius 1 is 1.12 bits per heavy atom. The molecule has 0 saturated carbocycles. The summed E-state index contributed by atoms with van der Waals surface area (Å²) in [6, 6.07) is 5.70. The van der Waals surface area contributed by atoms with E-state index in [1.807, 2.05) is 0 Å². The summed E-state index contributed by atoms with van der Waals surface area (Å²) in [5, 5.41) is 0.704. The van der Waals surface area contributed by atoms with Crippen LogP contribution in [0.15, 0.2) is 29.1 Å². The highest BCUT2D eigenvalue weighted by molar-refractivity contribution is 7.18. The van der Waals surface area contributed by atoms with Gasteiger partial charge in [-0.3, -0.25) is 9.36 Å². The van der Waals surface area contributed by atoms with Crippen LogP contribution in [-0.4, -0.2) is 9.55 Å². The minimum absolute atomic E-state index is 0.104. The number of alkyl halides is 3. The molecule has 8 heteroatoms. The van der Waals surface area contributed by atoms with Crippen LogP contribution in [-0.2, 0) is 19.0 Å². The number of aryl methyl sites for hydroxylation is 2. The van der Waals surface area contributed by atoms with E-state index < -0.39 is 17.6 Å². The maximum atomic E-state index is 13.6. The van der Waals surface area contributed by atoms with Crippen molar-refractivity contribution in [2.75, 3.05) is 0 Å². The predicted octanol–water partition coefficient (Wildman–Crippen LogP) is 5.00.